The number of sulfonamides is 1. The largest absolute Gasteiger partial charge is 0.398 e. The first-order valence-corrected chi connectivity index (χ1v) is 8.09. The van der Waals surface area contributed by atoms with Gasteiger partial charge in [0.15, 0.2) is 0 Å². The Kier molecular flexibility index (Phi) is 5.18. The third kappa shape index (κ3) is 3.31. The molecule has 6 heteroatoms. The van der Waals surface area contributed by atoms with Gasteiger partial charge < -0.3 is 10.8 Å². The van der Waals surface area contributed by atoms with Crippen LogP contribution in [0.4, 0.5) is 5.69 Å². The highest BCUT2D eigenvalue weighted by atomic mass is 32.2. The van der Waals surface area contributed by atoms with E-state index in [4.69, 9.17) is 5.73 Å². The fourth-order valence-electron chi connectivity index (χ4n) is 2.24. The van der Waals surface area contributed by atoms with Crippen LogP contribution in [0.2, 0.25) is 0 Å². The number of nitrogens with two attached hydrogens (primary N) is 1. The van der Waals surface area contributed by atoms with E-state index in [0.29, 0.717) is 16.8 Å². The molecule has 0 spiro atoms. The Balaban J connectivity index is 3.33. The number of hydrogen-bond acceptors (Lipinski definition) is 4. The normalized spacial score (nSPS) is 13.8. The summed E-state index contributed by atoms with van der Waals surface area (Å²) in [7, 11) is -3.71. The molecule has 1 aromatic rings. The van der Waals surface area contributed by atoms with Crippen LogP contribution in [0.5, 0.6) is 0 Å². The minimum atomic E-state index is -3.71. The lowest BCUT2D eigenvalue weighted by Crippen LogP contribution is -2.41. The zero-order chi connectivity index (χ0) is 15.7. The molecule has 1 atom stereocenters. The average molecular weight is 300 g/mol. The van der Waals surface area contributed by atoms with Crippen molar-refractivity contribution in [2.24, 2.45) is 5.92 Å². The number of nitrogen functional groups attached to an aromatic ring is 1. The monoisotopic (exact) mass is 300 g/mol. The van der Waals surface area contributed by atoms with Crippen LogP contribution in [-0.4, -0.2) is 26.2 Å². The van der Waals surface area contributed by atoms with Crippen LogP contribution in [0.3, 0.4) is 0 Å². The molecule has 0 saturated carbocycles. The van der Waals surface area contributed by atoms with Gasteiger partial charge in [-0.25, -0.2) is 13.1 Å². The van der Waals surface area contributed by atoms with Gasteiger partial charge in [0.25, 0.3) is 0 Å². The third-order valence-corrected chi connectivity index (χ3v) is 5.32. The number of nitrogens with one attached hydrogen (secondary N) is 1. The molecule has 0 bridgehead atoms. The molecule has 0 aliphatic heterocycles. The third-order valence-electron chi connectivity index (χ3n) is 3.54. The predicted molar refractivity (Wildman–Crippen MR) is 81.1 cm³/mol. The second-order valence-corrected chi connectivity index (χ2v) is 7.18. The van der Waals surface area contributed by atoms with Crippen LogP contribution in [0.1, 0.15) is 30.5 Å². The van der Waals surface area contributed by atoms with Crippen LogP contribution >= 0.6 is 0 Å². The predicted octanol–water partition coefficient (Wildman–Crippen LogP) is 1.49. The molecule has 0 aromatic heterocycles. The molecule has 0 amide bonds. The molecule has 0 saturated heterocycles. The van der Waals surface area contributed by atoms with Crippen molar-refractivity contribution in [1.29, 1.82) is 0 Å². The van der Waals surface area contributed by atoms with Crippen LogP contribution in [0, 0.1) is 26.7 Å². The van der Waals surface area contributed by atoms with Gasteiger partial charge in [0, 0.05) is 11.7 Å². The van der Waals surface area contributed by atoms with Crippen LogP contribution < -0.4 is 10.5 Å². The Bertz CT molecular complexity index is 595. The lowest BCUT2D eigenvalue weighted by Gasteiger charge is -2.22. The van der Waals surface area contributed by atoms with Gasteiger partial charge in [0.2, 0.25) is 10.0 Å². The molecule has 0 aliphatic carbocycles. The van der Waals surface area contributed by atoms with Crippen molar-refractivity contribution in [3.05, 3.63) is 22.8 Å². The molecule has 114 valence electrons. The first-order chi connectivity index (χ1) is 9.11. The summed E-state index contributed by atoms with van der Waals surface area (Å²) in [5, 5.41) is 9.29. The summed E-state index contributed by atoms with van der Waals surface area (Å²) in [6, 6.07) is 1.25. The second kappa shape index (κ2) is 6.11. The number of aryl methyl sites for hydroxylation is 2. The van der Waals surface area contributed by atoms with E-state index < -0.39 is 16.1 Å². The van der Waals surface area contributed by atoms with E-state index in [0.717, 1.165) is 5.56 Å². The van der Waals surface area contributed by atoms with Crippen LogP contribution in [0.25, 0.3) is 0 Å². The summed E-state index contributed by atoms with van der Waals surface area (Å²) in [5.74, 6) is -0.00168. The van der Waals surface area contributed by atoms with Crippen molar-refractivity contribution in [2.45, 2.75) is 45.6 Å². The molecule has 0 fully saturated rings. The number of aliphatic hydroxyl groups excluding tert-OH is 1. The molecule has 0 radical (unpaired) electrons. The highest BCUT2D eigenvalue weighted by Crippen LogP contribution is 2.28. The smallest absolute Gasteiger partial charge is 0.241 e. The Morgan fingerprint density at radius 1 is 1.25 bits per heavy atom. The van der Waals surface area contributed by atoms with Crippen molar-refractivity contribution in [2.75, 3.05) is 12.3 Å². The summed E-state index contributed by atoms with van der Waals surface area (Å²) < 4.78 is 27.6. The molecular formula is C14H24N2O3S. The maximum Gasteiger partial charge on any atom is 0.241 e. The molecule has 1 rings (SSSR count). The van der Waals surface area contributed by atoms with Gasteiger partial charge in [0.1, 0.15) is 0 Å². The summed E-state index contributed by atoms with van der Waals surface area (Å²) in [5.41, 5.74) is 8.49. The highest BCUT2D eigenvalue weighted by molar-refractivity contribution is 7.89. The summed E-state index contributed by atoms with van der Waals surface area (Å²) in [4.78, 5) is 0.208. The van der Waals surface area contributed by atoms with E-state index >= 15 is 0 Å². The molecule has 20 heavy (non-hydrogen) atoms. The van der Waals surface area contributed by atoms with Gasteiger partial charge in [-0.2, -0.15) is 0 Å². The fourth-order valence-corrected chi connectivity index (χ4v) is 4.10. The summed E-state index contributed by atoms with van der Waals surface area (Å²) in [6.07, 6.45) is 0. The zero-order valence-electron chi connectivity index (χ0n) is 12.7. The van der Waals surface area contributed by atoms with E-state index in [-0.39, 0.29) is 17.4 Å². The van der Waals surface area contributed by atoms with Gasteiger partial charge in [-0.05, 0) is 43.4 Å². The van der Waals surface area contributed by atoms with Gasteiger partial charge >= 0.3 is 0 Å². The number of aliphatic hydroxyl groups is 1. The lowest BCUT2D eigenvalue weighted by atomic mass is 10.1. The van der Waals surface area contributed by atoms with Gasteiger partial charge in [0.05, 0.1) is 11.5 Å². The minimum Gasteiger partial charge on any atom is -0.398 e. The highest BCUT2D eigenvalue weighted by Gasteiger charge is 2.26. The van der Waals surface area contributed by atoms with Crippen molar-refractivity contribution in [3.63, 3.8) is 0 Å². The Morgan fingerprint density at radius 3 is 2.25 bits per heavy atom. The minimum absolute atomic E-state index is 0.00168. The standard InChI is InChI=1S/C14H24N2O3S/c1-8(2)12(7-17)16-20(18,19)14-10(4)6-9(3)13(15)11(14)5/h6,8,12,16-17H,7,15H2,1-5H3. The molecule has 1 unspecified atom stereocenters. The molecule has 4 N–H and O–H groups in total. The maximum atomic E-state index is 12.5. The summed E-state index contributed by atoms with van der Waals surface area (Å²) >= 11 is 0. The van der Waals surface area contributed by atoms with Crippen molar-refractivity contribution >= 4 is 15.7 Å². The van der Waals surface area contributed by atoms with Gasteiger partial charge in [-0.1, -0.05) is 19.9 Å². The van der Waals surface area contributed by atoms with E-state index in [2.05, 4.69) is 4.72 Å². The first kappa shape index (κ1) is 16.9. The van der Waals surface area contributed by atoms with Crippen molar-refractivity contribution in [3.8, 4) is 0 Å². The van der Waals surface area contributed by atoms with E-state index in [1.54, 1.807) is 19.9 Å². The molecule has 0 aliphatic rings. The van der Waals surface area contributed by atoms with E-state index in [1.165, 1.54) is 0 Å². The van der Waals surface area contributed by atoms with Gasteiger partial charge in [-0.15, -0.1) is 0 Å². The van der Waals surface area contributed by atoms with E-state index in [9.17, 15) is 13.5 Å². The number of rotatable bonds is 5. The van der Waals surface area contributed by atoms with Crippen molar-refractivity contribution < 1.29 is 13.5 Å². The molecule has 1 aromatic carbocycles. The Hall–Kier alpha value is -1.11. The number of benzene rings is 1. The first-order valence-electron chi connectivity index (χ1n) is 6.61. The quantitative estimate of drug-likeness (QED) is 0.718. The molecular weight excluding hydrogens is 276 g/mol. The van der Waals surface area contributed by atoms with Crippen molar-refractivity contribution in [1.82, 2.24) is 4.72 Å². The van der Waals surface area contributed by atoms with Crippen LogP contribution in [-0.2, 0) is 10.0 Å². The average Bonchev–Trinajstić information content (AvgIpc) is 2.32. The second-order valence-electron chi connectivity index (χ2n) is 5.53. The Morgan fingerprint density at radius 2 is 1.80 bits per heavy atom. The molecule has 0 heterocycles. The summed E-state index contributed by atoms with van der Waals surface area (Å²) in [6.45, 7) is 8.77. The number of anilines is 1. The zero-order valence-corrected chi connectivity index (χ0v) is 13.5. The SMILES string of the molecule is Cc1cc(C)c(S(=O)(=O)NC(CO)C(C)C)c(C)c1N. The van der Waals surface area contributed by atoms with E-state index in [1.807, 2.05) is 20.8 Å². The Labute approximate surface area is 121 Å². The number of hydrogen-bond donors (Lipinski definition) is 3. The molecule has 5 nitrogen and oxygen atoms in total. The topological polar surface area (TPSA) is 92.4 Å². The van der Waals surface area contributed by atoms with Crippen LogP contribution in [0.15, 0.2) is 11.0 Å². The fraction of sp³-hybridized carbons (Fsp3) is 0.571. The van der Waals surface area contributed by atoms with Gasteiger partial charge in [-0.3, -0.25) is 0 Å². The maximum absolute atomic E-state index is 12.5. The lowest BCUT2D eigenvalue weighted by molar-refractivity contribution is 0.227.